The van der Waals surface area contributed by atoms with Gasteiger partial charge in [0.05, 0.1) is 5.60 Å². The van der Waals surface area contributed by atoms with Gasteiger partial charge in [0.2, 0.25) is 0 Å². The summed E-state index contributed by atoms with van der Waals surface area (Å²) in [4.78, 5) is 11.7. The Morgan fingerprint density at radius 1 is 1.47 bits per heavy atom. The van der Waals surface area contributed by atoms with E-state index in [0.717, 1.165) is 17.6 Å². The molecular weight excluding hydrogens is 212 g/mol. The largest absolute Gasteiger partial charge is 0.382 e. The number of hydrogen-bond acceptors (Lipinski definition) is 2. The zero-order valence-corrected chi connectivity index (χ0v) is 11.2. The van der Waals surface area contributed by atoms with Gasteiger partial charge in [-0.15, -0.1) is 0 Å². The summed E-state index contributed by atoms with van der Waals surface area (Å²) in [6, 6.07) is 0. The van der Waals surface area contributed by atoms with Gasteiger partial charge in [0.15, 0.2) is 5.78 Å². The summed E-state index contributed by atoms with van der Waals surface area (Å²) < 4.78 is 0. The molecule has 1 aliphatic carbocycles. The first kappa shape index (κ1) is 13.9. The zero-order valence-electron chi connectivity index (χ0n) is 11.2. The van der Waals surface area contributed by atoms with Crippen molar-refractivity contribution < 1.29 is 9.90 Å². The molecule has 0 bridgehead atoms. The van der Waals surface area contributed by atoms with Gasteiger partial charge in [-0.3, -0.25) is 4.79 Å². The molecule has 0 saturated heterocycles. The van der Waals surface area contributed by atoms with Gasteiger partial charge in [-0.1, -0.05) is 32.6 Å². The predicted molar refractivity (Wildman–Crippen MR) is 70.7 cm³/mol. The van der Waals surface area contributed by atoms with Crippen LogP contribution in [0.15, 0.2) is 36.0 Å². The summed E-state index contributed by atoms with van der Waals surface area (Å²) in [5.74, 6) is 0.210. The maximum Gasteiger partial charge on any atom is 0.158 e. The minimum absolute atomic E-state index is 0.00819. The molecule has 0 aliphatic heterocycles. The van der Waals surface area contributed by atoms with Crippen LogP contribution >= 0.6 is 0 Å². The van der Waals surface area contributed by atoms with Crippen LogP contribution in [0.5, 0.6) is 0 Å². The highest BCUT2D eigenvalue weighted by Crippen LogP contribution is 2.39. The second-order valence-corrected chi connectivity index (χ2v) is 5.61. The fourth-order valence-corrected chi connectivity index (χ4v) is 2.08. The van der Waals surface area contributed by atoms with E-state index in [0.29, 0.717) is 6.42 Å². The van der Waals surface area contributed by atoms with Crippen molar-refractivity contribution in [3.05, 3.63) is 36.0 Å². The fraction of sp³-hybridized carbons (Fsp3) is 0.533. The van der Waals surface area contributed by atoms with E-state index in [2.05, 4.69) is 20.4 Å². The molecule has 0 radical (unpaired) electrons. The monoisotopic (exact) mass is 234 g/mol. The molecule has 0 heterocycles. The average Bonchev–Trinajstić information content (AvgIpc) is 2.24. The number of hydrogen-bond donors (Lipinski definition) is 1. The van der Waals surface area contributed by atoms with Gasteiger partial charge in [-0.25, -0.2) is 0 Å². The van der Waals surface area contributed by atoms with Crippen LogP contribution in [0.1, 0.15) is 40.5 Å². The van der Waals surface area contributed by atoms with E-state index in [1.54, 1.807) is 13.0 Å². The van der Waals surface area contributed by atoms with Crippen molar-refractivity contribution in [1.82, 2.24) is 0 Å². The molecule has 1 unspecified atom stereocenters. The Balaban J connectivity index is 3.13. The molecule has 0 aromatic heterocycles. The van der Waals surface area contributed by atoms with Crippen LogP contribution in [0.25, 0.3) is 0 Å². The Labute approximate surface area is 104 Å². The summed E-state index contributed by atoms with van der Waals surface area (Å²) in [5.41, 5.74) is 0.809. The highest BCUT2D eigenvalue weighted by molar-refractivity contribution is 5.97. The summed E-state index contributed by atoms with van der Waals surface area (Å²) in [7, 11) is 0. The first-order valence-corrected chi connectivity index (χ1v) is 5.99. The quantitative estimate of drug-likeness (QED) is 0.761. The molecule has 1 N–H and O–H groups in total. The van der Waals surface area contributed by atoms with Crippen LogP contribution < -0.4 is 0 Å². The summed E-state index contributed by atoms with van der Waals surface area (Å²) in [5, 5.41) is 9.86. The van der Waals surface area contributed by atoms with Gasteiger partial charge in [-0.05, 0) is 42.9 Å². The number of allylic oxidation sites excluding steroid dienone is 3. The zero-order chi connectivity index (χ0) is 13.3. The third kappa shape index (κ3) is 3.16. The number of ketones is 1. The number of carbonyl (C=O) groups is 1. The highest BCUT2D eigenvalue weighted by atomic mass is 16.3. The van der Waals surface area contributed by atoms with Crippen molar-refractivity contribution in [2.45, 2.75) is 46.1 Å². The minimum atomic E-state index is -1.02. The van der Waals surface area contributed by atoms with Crippen LogP contribution in [0, 0.1) is 5.41 Å². The molecule has 0 saturated carbocycles. The van der Waals surface area contributed by atoms with E-state index in [-0.39, 0.29) is 11.2 Å². The second kappa shape index (κ2) is 4.61. The van der Waals surface area contributed by atoms with Crippen LogP contribution in [0.4, 0.5) is 0 Å². The third-order valence-corrected chi connectivity index (χ3v) is 3.53. The SMILES string of the molecule is C=CC(C)(O)/C=C/C1=C(C)C(=O)CCC1(C)C. The van der Waals surface area contributed by atoms with E-state index < -0.39 is 5.60 Å². The first-order valence-electron chi connectivity index (χ1n) is 5.99. The van der Waals surface area contributed by atoms with Crippen LogP contribution in [0.3, 0.4) is 0 Å². The number of carbonyl (C=O) groups excluding carboxylic acids is 1. The molecule has 1 aliphatic rings. The van der Waals surface area contributed by atoms with Gasteiger partial charge in [0.1, 0.15) is 0 Å². The average molecular weight is 234 g/mol. The standard InChI is InChI=1S/C15H22O2/c1-6-15(5,17)10-7-12-11(2)13(16)8-9-14(12,3)4/h6-7,10,17H,1,8-9H2,2-5H3/b10-7+. The second-order valence-electron chi connectivity index (χ2n) is 5.61. The van der Waals surface area contributed by atoms with Gasteiger partial charge in [0.25, 0.3) is 0 Å². The molecule has 2 heteroatoms. The molecular formula is C15H22O2. The molecule has 2 nitrogen and oxygen atoms in total. The van der Waals surface area contributed by atoms with Crippen molar-refractivity contribution in [2.24, 2.45) is 5.41 Å². The van der Waals surface area contributed by atoms with Gasteiger partial charge in [-0.2, -0.15) is 0 Å². The third-order valence-electron chi connectivity index (χ3n) is 3.53. The van der Waals surface area contributed by atoms with Crippen molar-refractivity contribution >= 4 is 5.78 Å². The Morgan fingerprint density at radius 3 is 2.59 bits per heavy atom. The van der Waals surface area contributed by atoms with Crippen molar-refractivity contribution in [3.8, 4) is 0 Å². The lowest BCUT2D eigenvalue weighted by molar-refractivity contribution is -0.116. The Morgan fingerprint density at radius 2 is 2.06 bits per heavy atom. The fourth-order valence-electron chi connectivity index (χ4n) is 2.08. The highest BCUT2D eigenvalue weighted by Gasteiger charge is 2.31. The summed E-state index contributed by atoms with van der Waals surface area (Å²) >= 11 is 0. The normalized spacial score (nSPS) is 23.9. The molecule has 17 heavy (non-hydrogen) atoms. The predicted octanol–water partition coefficient (Wildman–Crippen LogP) is 3.19. The van der Waals surface area contributed by atoms with E-state index in [1.807, 2.05) is 13.0 Å². The Hall–Kier alpha value is -1.15. The first-order chi connectivity index (χ1) is 7.69. The van der Waals surface area contributed by atoms with Gasteiger partial charge in [0, 0.05) is 6.42 Å². The molecule has 0 amide bonds. The van der Waals surface area contributed by atoms with Gasteiger partial charge >= 0.3 is 0 Å². The van der Waals surface area contributed by atoms with E-state index in [1.165, 1.54) is 6.08 Å². The van der Waals surface area contributed by atoms with Crippen LogP contribution in [0.2, 0.25) is 0 Å². The molecule has 1 rings (SSSR count). The van der Waals surface area contributed by atoms with E-state index in [4.69, 9.17) is 0 Å². The molecule has 0 aromatic carbocycles. The maximum atomic E-state index is 11.7. The lowest BCUT2D eigenvalue weighted by Crippen LogP contribution is -2.25. The van der Waals surface area contributed by atoms with Crippen LogP contribution in [-0.4, -0.2) is 16.5 Å². The molecule has 0 fully saturated rings. The smallest absolute Gasteiger partial charge is 0.158 e. The molecule has 1 atom stereocenters. The van der Waals surface area contributed by atoms with Crippen LogP contribution in [-0.2, 0) is 4.79 Å². The van der Waals surface area contributed by atoms with E-state index in [9.17, 15) is 9.90 Å². The van der Waals surface area contributed by atoms with E-state index >= 15 is 0 Å². The Bertz CT molecular complexity index is 395. The number of Topliss-reactive ketones (excluding diaryl/α,β-unsaturated/α-hetero) is 1. The summed E-state index contributed by atoms with van der Waals surface area (Å²) in [6.45, 7) is 11.4. The maximum absolute atomic E-state index is 11.7. The van der Waals surface area contributed by atoms with Crippen molar-refractivity contribution in [1.29, 1.82) is 0 Å². The minimum Gasteiger partial charge on any atom is -0.382 e. The molecule has 94 valence electrons. The molecule has 0 spiro atoms. The number of aliphatic hydroxyl groups is 1. The Kier molecular flexibility index (Phi) is 3.78. The summed E-state index contributed by atoms with van der Waals surface area (Å²) in [6.07, 6.45) is 6.53. The van der Waals surface area contributed by atoms with Crippen molar-refractivity contribution in [2.75, 3.05) is 0 Å². The number of rotatable bonds is 3. The van der Waals surface area contributed by atoms with Crippen molar-refractivity contribution in [3.63, 3.8) is 0 Å². The topological polar surface area (TPSA) is 37.3 Å². The lowest BCUT2D eigenvalue weighted by atomic mass is 9.72. The van der Waals surface area contributed by atoms with Gasteiger partial charge < -0.3 is 5.11 Å². The lowest BCUT2D eigenvalue weighted by Gasteiger charge is -2.32. The molecule has 0 aromatic rings.